The van der Waals surface area contributed by atoms with E-state index in [0.29, 0.717) is 17.6 Å². The third-order valence-electron chi connectivity index (χ3n) is 2.91. The van der Waals surface area contributed by atoms with Crippen molar-refractivity contribution in [1.82, 2.24) is 0 Å². The van der Waals surface area contributed by atoms with Gasteiger partial charge < -0.3 is 5.32 Å². The number of para-hydroxylation sites is 1. The zero-order valence-corrected chi connectivity index (χ0v) is 10.7. The molecule has 1 unspecified atom stereocenters. The molecule has 0 aromatic heterocycles. The molecule has 1 amide bonds. The van der Waals surface area contributed by atoms with Crippen LogP contribution in [0.25, 0.3) is 0 Å². The molecule has 0 bridgehead atoms. The molecular formula is C13H17NOS. The molecule has 1 heterocycles. The second kappa shape index (κ2) is 4.50. The van der Waals surface area contributed by atoms with Crippen molar-refractivity contribution in [3.05, 3.63) is 23.8 Å². The Balaban J connectivity index is 2.39. The summed E-state index contributed by atoms with van der Waals surface area (Å²) in [4.78, 5) is 13.0. The van der Waals surface area contributed by atoms with E-state index in [9.17, 15) is 4.79 Å². The maximum atomic E-state index is 11.8. The van der Waals surface area contributed by atoms with Gasteiger partial charge in [-0.2, -0.15) is 0 Å². The van der Waals surface area contributed by atoms with Crippen LogP contribution in [-0.4, -0.2) is 11.2 Å². The van der Waals surface area contributed by atoms with Crippen molar-refractivity contribution in [3.63, 3.8) is 0 Å². The zero-order chi connectivity index (χ0) is 11.7. The fourth-order valence-electron chi connectivity index (χ4n) is 1.85. The van der Waals surface area contributed by atoms with E-state index in [1.165, 1.54) is 4.90 Å². The summed E-state index contributed by atoms with van der Waals surface area (Å²) in [5.74, 6) is 0.654. The lowest BCUT2D eigenvalue weighted by atomic mass is 10.1. The highest BCUT2D eigenvalue weighted by Crippen LogP contribution is 2.39. The molecule has 1 N–H and O–H groups in total. The van der Waals surface area contributed by atoms with Gasteiger partial charge in [0.2, 0.25) is 5.91 Å². The number of aryl methyl sites for hydroxylation is 1. The third-order valence-corrected chi connectivity index (χ3v) is 4.52. The molecule has 0 aliphatic carbocycles. The van der Waals surface area contributed by atoms with Crippen molar-refractivity contribution in [2.45, 2.75) is 37.3 Å². The molecule has 2 nitrogen and oxygen atoms in total. The predicted molar refractivity (Wildman–Crippen MR) is 68.9 cm³/mol. The predicted octanol–water partition coefficient (Wildman–Crippen LogP) is 3.45. The van der Waals surface area contributed by atoms with Gasteiger partial charge in [-0.05, 0) is 24.5 Å². The van der Waals surface area contributed by atoms with Crippen LogP contribution in [0.4, 0.5) is 5.69 Å². The highest BCUT2D eigenvalue weighted by molar-refractivity contribution is 8.00. The first-order valence-corrected chi connectivity index (χ1v) is 6.52. The fourth-order valence-corrected chi connectivity index (χ4v) is 3.17. The van der Waals surface area contributed by atoms with Gasteiger partial charge in [-0.3, -0.25) is 4.79 Å². The van der Waals surface area contributed by atoms with Crippen LogP contribution in [0.15, 0.2) is 23.1 Å². The SMILES string of the molecule is Cc1cccc2c1NC(=O)CC(C(C)C)S2. The smallest absolute Gasteiger partial charge is 0.225 e. The summed E-state index contributed by atoms with van der Waals surface area (Å²) in [6.07, 6.45) is 0.608. The quantitative estimate of drug-likeness (QED) is 0.807. The van der Waals surface area contributed by atoms with Crippen LogP contribution in [-0.2, 0) is 4.79 Å². The molecular weight excluding hydrogens is 218 g/mol. The van der Waals surface area contributed by atoms with Crippen molar-refractivity contribution in [2.75, 3.05) is 5.32 Å². The van der Waals surface area contributed by atoms with Gasteiger partial charge in [0.25, 0.3) is 0 Å². The van der Waals surface area contributed by atoms with Gasteiger partial charge in [-0.25, -0.2) is 0 Å². The summed E-state index contributed by atoms with van der Waals surface area (Å²) < 4.78 is 0. The van der Waals surface area contributed by atoms with Crippen LogP contribution in [0.5, 0.6) is 0 Å². The number of anilines is 1. The second-order valence-corrected chi connectivity index (χ2v) is 5.88. The number of carbonyl (C=O) groups is 1. The van der Waals surface area contributed by atoms with Gasteiger partial charge in [0.05, 0.1) is 5.69 Å². The largest absolute Gasteiger partial charge is 0.325 e. The van der Waals surface area contributed by atoms with E-state index in [1.54, 1.807) is 0 Å². The molecule has 0 fully saturated rings. The summed E-state index contributed by atoms with van der Waals surface area (Å²) in [6, 6.07) is 6.18. The van der Waals surface area contributed by atoms with E-state index in [4.69, 9.17) is 0 Å². The number of benzene rings is 1. The number of carbonyl (C=O) groups excluding carboxylic acids is 1. The van der Waals surface area contributed by atoms with E-state index in [0.717, 1.165) is 11.3 Å². The monoisotopic (exact) mass is 235 g/mol. The number of amides is 1. The van der Waals surface area contributed by atoms with Crippen molar-refractivity contribution < 1.29 is 4.79 Å². The number of rotatable bonds is 1. The van der Waals surface area contributed by atoms with Crippen LogP contribution in [0.2, 0.25) is 0 Å². The van der Waals surface area contributed by atoms with Gasteiger partial charge >= 0.3 is 0 Å². The molecule has 1 aliphatic heterocycles. The molecule has 2 rings (SSSR count). The minimum absolute atomic E-state index is 0.138. The Bertz CT molecular complexity index is 414. The number of thioether (sulfide) groups is 1. The van der Waals surface area contributed by atoms with E-state index < -0.39 is 0 Å². The van der Waals surface area contributed by atoms with Gasteiger partial charge in [-0.1, -0.05) is 26.0 Å². The van der Waals surface area contributed by atoms with Gasteiger partial charge in [0.1, 0.15) is 0 Å². The van der Waals surface area contributed by atoms with E-state index in [2.05, 4.69) is 31.3 Å². The first-order valence-electron chi connectivity index (χ1n) is 5.64. The van der Waals surface area contributed by atoms with Gasteiger partial charge in [0, 0.05) is 16.6 Å². The van der Waals surface area contributed by atoms with Crippen molar-refractivity contribution in [2.24, 2.45) is 5.92 Å². The van der Waals surface area contributed by atoms with Crippen LogP contribution in [0.3, 0.4) is 0 Å². The van der Waals surface area contributed by atoms with Crippen LogP contribution in [0.1, 0.15) is 25.8 Å². The average Bonchev–Trinajstić information content (AvgIpc) is 2.38. The Kier molecular flexibility index (Phi) is 3.24. The van der Waals surface area contributed by atoms with Crippen LogP contribution in [0, 0.1) is 12.8 Å². The van der Waals surface area contributed by atoms with E-state index >= 15 is 0 Å². The highest BCUT2D eigenvalue weighted by atomic mass is 32.2. The number of hydrogen-bond donors (Lipinski definition) is 1. The minimum Gasteiger partial charge on any atom is -0.325 e. The van der Waals surface area contributed by atoms with Crippen LogP contribution >= 0.6 is 11.8 Å². The molecule has 1 aromatic rings. The molecule has 0 saturated carbocycles. The summed E-state index contributed by atoms with van der Waals surface area (Å²) in [5.41, 5.74) is 2.14. The number of fused-ring (bicyclic) bond motifs is 1. The maximum Gasteiger partial charge on any atom is 0.225 e. The Labute approximate surface area is 101 Å². The second-order valence-electron chi connectivity index (χ2n) is 4.60. The molecule has 1 aromatic carbocycles. The molecule has 86 valence electrons. The summed E-state index contributed by atoms with van der Waals surface area (Å²) in [6.45, 7) is 6.38. The Hall–Kier alpha value is -0.960. The van der Waals surface area contributed by atoms with E-state index in [1.807, 2.05) is 24.8 Å². The average molecular weight is 235 g/mol. The molecule has 3 heteroatoms. The molecule has 1 aliphatic rings. The summed E-state index contributed by atoms with van der Waals surface area (Å²) in [5, 5.41) is 3.39. The Morgan fingerprint density at radius 2 is 2.19 bits per heavy atom. The maximum absolute atomic E-state index is 11.8. The van der Waals surface area contributed by atoms with Gasteiger partial charge in [-0.15, -0.1) is 11.8 Å². The first-order chi connectivity index (χ1) is 7.58. The normalized spacial score (nSPS) is 20.2. The molecule has 16 heavy (non-hydrogen) atoms. The molecule has 0 radical (unpaired) electrons. The molecule has 0 saturated heterocycles. The number of nitrogens with one attached hydrogen (secondary N) is 1. The van der Waals surface area contributed by atoms with Crippen molar-refractivity contribution in [1.29, 1.82) is 0 Å². The Morgan fingerprint density at radius 1 is 1.44 bits per heavy atom. The van der Waals surface area contributed by atoms with Crippen molar-refractivity contribution in [3.8, 4) is 0 Å². The lowest BCUT2D eigenvalue weighted by Crippen LogP contribution is -2.19. The first kappa shape index (κ1) is 11.5. The summed E-state index contributed by atoms with van der Waals surface area (Å²) in [7, 11) is 0. The topological polar surface area (TPSA) is 29.1 Å². The molecule has 1 atom stereocenters. The van der Waals surface area contributed by atoms with Crippen molar-refractivity contribution >= 4 is 23.4 Å². The van der Waals surface area contributed by atoms with Crippen LogP contribution < -0.4 is 5.32 Å². The highest BCUT2D eigenvalue weighted by Gasteiger charge is 2.24. The van der Waals surface area contributed by atoms with E-state index in [-0.39, 0.29) is 5.91 Å². The Morgan fingerprint density at radius 3 is 2.88 bits per heavy atom. The lowest BCUT2D eigenvalue weighted by molar-refractivity contribution is -0.116. The van der Waals surface area contributed by atoms with Gasteiger partial charge in [0.15, 0.2) is 0 Å². The standard InChI is InChI=1S/C13H17NOS/c1-8(2)11-7-12(15)14-13-9(3)5-4-6-10(13)16-11/h4-6,8,11H,7H2,1-3H3,(H,14,15). The zero-order valence-electron chi connectivity index (χ0n) is 9.91. The summed E-state index contributed by atoms with van der Waals surface area (Å²) >= 11 is 1.82. The minimum atomic E-state index is 0.138. The molecule has 0 spiro atoms. The lowest BCUT2D eigenvalue weighted by Gasteiger charge is -2.16. The number of hydrogen-bond acceptors (Lipinski definition) is 2. The third kappa shape index (κ3) is 2.24. The fraction of sp³-hybridized carbons (Fsp3) is 0.462.